The zero-order valence-corrected chi connectivity index (χ0v) is 12.5. The van der Waals surface area contributed by atoms with Crippen molar-refractivity contribution in [3.05, 3.63) is 42.1 Å². The number of hydrogen-bond acceptors (Lipinski definition) is 3. The summed E-state index contributed by atoms with van der Waals surface area (Å²) in [5, 5.41) is 10.3. The van der Waals surface area contributed by atoms with E-state index in [0.717, 1.165) is 25.7 Å². The second-order valence-corrected chi connectivity index (χ2v) is 5.23. The highest BCUT2D eigenvalue weighted by atomic mass is 16.1. The molecule has 0 aliphatic heterocycles. The molecule has 21 heavy (non-hydrogen) atoms. The first kappa shape index (κ1) is 15.2. The first-order chi connectivity index (χ1) is 10.2. The lowest BCUT2D eigenvalue weighted by molar-refractivity contribution is -0.116. The molecule has 2 rings (SSSR count). The Hall–Kier alpha value is -2.17. The van der Waals surface area contributed by atoms with E-state index in [1.807, 2.05) is 6.07 Å². The molecule has 1 amide bonds. The summed E-state index contributed by atoms with van der Waals surface area (Å²) in [6.07, 6.45) is 7.69. The normalized spacial score (nSPS) is 10.5. The number of aryl methyl sites for hydroxylation is 2. The van der Waals surface area contributed by atoms with E-state index in [4.69, 9.17) is 0 Å². The first-order valence-electron chi connectivity index (χ1n) is 7.44. The van der Waals surface area contributed by atoms with E-state index in [-0.39, 0.29) is 5.91 Å². The molecule has 0 aliphatic rings. The van der Waals surface area contributed by atoms with Crippen LogP contribution in [0.15, 0.2) is 36.5 Å². The molecule has 0 bridgehead atoms. The average molecular weight is 286 g/mol. The number of aromatic nitrogens is 3. The summed E-state index contributed by atoms with van der Waals surface area (Å²) in [6, 6.07) is 10.5. The summed E-state index contributed by atoms with van der Waals surface area (Å²) >= 11 is 0. The molecule has 1 aromatic carbocycles. The molecule has 0 aliphatic carbocycles. The summed E-state index contributed by atoms with van der Waals surface area (Å²) in [5.74, 6) is 0.533. The van der Waals surface area contributed by atoms with Crippen LogP contribution in [0, 0.1) is 0 Å². The third kappa shape index (κ3) is 5.77. The highest BCUT2D eigenvalue weighted by molar-refractivity contribution is 5.89. The Morgan fingerprint density at radius 1 is 1.14 bits per heavy atom. The van der Waals surface area contributed by atoms with E-state index in [2.05, 4.69) is 39.9 Å². The van der Waals surface area contributed by atoms with Gasteiger partial charge >= 0.3 is 0 Å². The Labute approximate surface area is 125 Å². The van der Waals surface area contributed by atoms with Crippen molar-refractivity contribution in [3.8, 4) is 0 Å². The smallest absolute Gasteiger partial charge is 0.225 e. The number of nitrogens with zero attached hydrogens (tertiary/aromatic N) is 3. The number of amides is 1. The van der Waals surface area contributed by atoms with Crippen molar-refractivity contribution in [3.63, 3.8) is 0 Å². The minimum absolute atomic E-state index is 0.0126. The minimum atomic E-state index is 0.0126. The fourth-order valence-corrected chi connectivity index (χ4v) is 2.22. The molecule has 112 valence electrons. The maximum absolute atomic E-state index is 11.7. The Kier molecular flexibility index (Phi) is 5.94. The lowest BCUT2D eigenvalue weighted by Gasteiger charge is -2.03. The molecular formula is C16H22N4O. The summed E-state index contributed by atoms with van der Waals surface area (Å²) < 4.78 is 1.57. The molecule has 5 heteroatoms. The van der Waals surface area contributed by atoms with Crippen molar-refractivity contribution in [1.82, 2.24) is 15.0 Å². The maximum atomic E-state index is 11.7. The molecule has 0 spiro atoms. The van der Waals surface area contributed by atoms with Gasteiger partial charge in [-0.1, -0.05) is 48.4 Å². The van der Waals surface area contributed by atoms with E-state index < -0.39 is 0 Å². The van der Waals surface area contributed by atoms with E-state index in [1.165, 1.54) is 12.0 Å². The number of unbranched alkanes of at least 4 members (excludes halogenated alkanes) is 3. The molecule has 5 nitrogen and oxygen atoms in total. The largest absolute Gasteiger partial charge is 0.308 e. The molecule has 0 saturated carbocycles. The number of carbonyl (C=O) groups excluding carboxylic acids is 1. The standard InChI is InChI=1S/C16H22N4O/c1-20-13-15(18-19-20)17-16(21)12-8-3-2-5-9-14-10-6-4-7-11-14/h4,6-7,10-11,13H,2-3,5,8-9,12H2,1H3,(H,17,21). The van der Waals surface area contributed by atoms with Crippen LogP contribution in [0.25, 0.3) is 0 Å². The van der Waals surface area contributed by atoms with Crippen LogP contribution in [0.3, 0.4) is 0 Å². The van der Waals surface area contributed by atoms with Gasteiger partial charge in [0.2, 0.25) is 5.91 Å². The average Bonchev–Trinajstić information content (AvgIpc) is 2.89. The Bertz CT molecular complexity index is 550. The molecule has 2 aromatic rings. The van der Waals surface area contributed by atoms with Crippen molar-refractivity contribution in [2.75, 3.05) is 5.32 Å². The van der Waals surface area contributed by atoms with E-state index in [1.54, 1.807) is 17.9 Å². The van der Waals surface area contributed by atoms with Crippen molar-refractivity contribution >= 4 is 11.7 Å². The topological polar surface area (TPSA) is 59.8 Å². The molecule has 0 radical (unpaired) electrons. The van der Waals surface area contributed by atoms with Crippen molar-refractivity contribution in [1.29, 1.82) is 0 Å². The predicted octanol–water partition coefficient (Wildman–Crippen LogP) is 2.95. The van der Waals surface area contributed by atoms with Gasteiger partial charge in [0.1, 0.15) is 0 Å². The maximum Gasteiger partial charge on any atom is 0.225 e. The third-order valence-corrected chi connectivity index (χ3v) is 3.33. The van der Waals surface area contributed by atoms with Gasteiger partial charge in [-0.25, -0.2) is 0 Å². The van der Waals surface area contributed by atoms with Crippen molar-refractivity contribution in [2.24, 2.45) is 7.05 Å². The molecule has 0 atom stereocenters. The second-order valence-electron chi connectivity index (χ2n) is 5.23. The SMILES string of the molecule is Cn1cc(NC(=O)CCCCCCc2ccccc2)nn1. The van der Waals surface area contributed by atoms with Gasteiger partial charge in [-0.05, 0) is 24.8 Å². The van der Waals surface area contributed by atoms with Crippen LogP contribution in [0.4, 0.5) is 5.82 Å². The number of hydrogen-bond donors (Lipinski definition) is 1. The zero-order chi connectivity index (χ0) is 14.9. The molecule has 1 N–H and O–H groups in total. The molecule has 0 saturated heterocycles. The molecule has 0 unspecified atom stereocenters. The molecular weight excluding hydrogens is 264 g/mol. The van der Waals surface area contributed by atoms with E-state index in [9.17, 15) is 4.79 Å². The highest BCUT2D eigenvalue weighted by Gasteiger charge is 2.04. The number of rotatable bonds is 8. The highest BCUT2D eigenvalue weighted by Crippen LogP contribution is 2.09. The van der Waals surface area contributed by atoms with E-state index >= 15 is 0 Å². The van der Waals surface area contributed by atoms with Crippen LogP contribution in [0.5, 0.6) is 0 Å². The summed E-state index contributed by atoms with van der Waals surface area (Å²) in [4.78, 5) is 11.7. The van der Waals surface area contributed by atoms with Gasteiger partial charge in [0.05, 0.1) is 6.20 Å². The first-order valence-corrected chi connectivity index (χ1v) is 7.44. The van der Waals surface area contributed by atoms with Crippen molar-refractivity contribution in [2.45, 2.75) is 38.5 Å². The van der Waals surface area contributed by atoms with Gasteiger partial charge in [0, 0.05) is 13.5 Å². The molecule has 0 fully saturated rings. The zero-order valence-electron chi connectivity index (χ0n) is 12.5. The summed E-state index contributed by atoms with van der Waals surface area (Å²) in [7, 11) is 1.77. The van der Waals surface area contributed by atoms with Crippen LogP contribution in [-0.4, -0.2) is 20.9 Å². The fraction of sp³-hybridized carbons (Fsp3) is 0.438. The van der Waals surface area contributed by atoms with Gasteiger partial charge < -0.3 is 5.32 Å². The lowest BCUT2D eigenvalue weighted by atomic mass is 10.1. The number of nitrogens with one attached hydrogen (secondary N) is 1. The van der Waals surface area contributed by atoms with Gasteiger partial charge in [-0.2, -0.15) is 0 Å². The minimum Gasteiger partial charge on any atom is -0.308 e. The van der Waals surface area contributed by atoms with Gasteiger partial charge in [-0.15, -0.1) is 5.10 Å². The lowest BCUT2D eigenvalue weighted by Crippen LogP contribution is -2.11. The van der Waals surface area contributed by atoms with E-state index in [0.29, 0.717) is 12.2 Å². The van der Waals surface area contributed by atoms with Crippen LogP contribution >= 0.6 is 0 Å². The third-order valence-electron chi connectivity index (χ3n) is 3.33. The van der Waals surface area contributed by atoms with Crippen LogP contribution in [0.2, 0.25) is 0 Å². The van der Waals surface area contributed by atoms with Gasteiger partial charge in [-0.3, -0.25) is 9.48 Å². The number of anilines is 1. The molecule has 1 heterocycles. The van der Waals surface area contributed by atoms with Crippen LogP contribution in [-0.2, 0) is 18.3 Å². The van der Waals surface area contributed by atoms with Crippen molar-refractivity contribution < 1.29 is 4.79 Å². The Balaban J connectivity index is 1.52. The fourth-order valence-electron chi connectivity index (χ4n) is 2.22. The molecule has 1 aromatic heterocycles. The van der Waals surface area contributed by atoms with Gasteiger partial charge in [0.15, 0.2) is 5.82 Å². The van der Waals surface area contributed by atoms with Gasteiger partial charge in [0.25, 0.3) is 0 Å². The summed E-state index contributed by atoms with van der Waals surface area (Å²) in [5.41, 5.74) is 1.39. The number of carbonyl (C=O) groups is 1. The quantitative estimate of drug-likeness (QED) is 0.759. The Morgan fingerprint density at radius 3 is 2.62 bits per heavy atom. The number of benzene rings is 1. The summed E-state index contributed by atoms with van der Waals surface area (Å²) in [6.45, 7) is 0. The Morgan fingerprint density at radius 2 is 1.90 bits per heavy atom. The van der Waals surface area contributed by atoms with Crippen LogP contribution < -0.4 is 5.32 Å². The van der Waals surface area contributed by atoms with Crippen LogP contribution in [0.1, 0.15) is 37.7 Å². The monoisotopic (exact) mass is 286 g/mol. The predicted molar refractivity (Wildman–Crippen MR) is 82.9 cm³/mol. The second kappa shape index (κ2) is 8.19.